The minimum atomic E-state index is -0.356. The van der Waals surface area contributed by atoms with Gasteiger partial charge in [-0.15, -0.1) is 0 Å². The number of Topliss-reactive ketones (excluding diaryl/α,β-unsaturated/α-hetero) is 1. The maximum absolute atomic E-state index is 12.2. The van der Waals surface area contributed by atoms with Crippen LogP contribution in [0.4, 0.5) is 0 Å². The van der Waals surface area contributed by atoms with Crippen LogP contribution < -0.4 is 0 Å². The molecule has 0 aromatic heterocycles. The van der Waals surface area contributed by atoms with Crippen LogP contribution in [0.25, 0.3) is 0 Å². The van der Waals surface area contributed by atoms with Crippen LogP contribution in [0.2, 0.25) is 0 Å². The molecule has 0 radical (unpaired) electrons. The van der Waals surface area contributed by atoms with E-state index in [1.807, 2.05) is 12.1 Å². The molecule has 0 saturated carbocycles. The zero-order valence-electron chi connectivity index (χ0n) is 10.3. The molecule has 1 rings (SSSR count). The number of carbonyl (C=O) groups is 1. The van der Waals surface area contributed by atoms with Gasteiger partial charge in [-0.3, -0.25) is 9.69 Å². The van der Waals surface area contributed by atoms with Gasteiger partial charge in [0, 0.05) is 23.1 Å². The van der Waals surface area contributed by atoms with Gasteiger partial charge in [0.2, 0.25) is 0 Å². The van der Waals surface area contributed by atoms with E-state index in [1.165, 1.54) is 0 Å². The molecule has 0 aliphatic rings. The highest BCUT2D eigenvalue weighted by Gasteiger charge is 2.21. The van der Waals surface area contributed by atoms with Gasteiger partial charge in [-0.1, -0.05) is 28.1 Å². The summed E-state index contributed by atoms with van der Waals surface area (Å²) in [5.74, 6) is -0.00981. The largest absolute Gasteiger partial charge is 0.395 e. The molecular formula is C13H18BrNO3. The summed E-state index contributed by atoms with van der Waals surface area (Å²) in [6, 6.07) is 6.81. The lowest BCUT2D eigenvalue weighted by molar-refractivity contribution is 0.0769. The van der Waals surface area contributed by atoms with Crippen molar-refractivity contribution in [1.82, 2.24) is 4.90 Å². The molecule has 0 saturated heterocycles. The molecular weight excluding hydrogens is 298 g/mol. The van der Waals surface area contributed by atoms with Crippen molar-refractivity contribution in [3.63, 3.8) is 0 Å². The minimum absolute atomic E-state index is 0.00981. The lowest BCUT2D eigenvalue weighted by Gasteiger charge is -2.26. The Bertz CT molecular complexity index is 374. The van der Waals surface area contributed by atoms with Crippen molar-refractivity contribution in [2.24, 2.45) is 0 Å². The SMILES string of the molecule is CC(C(=O)c1ccc(Br)cc1)N(CCO)CCO. The van der Waals surface area contributed by atoms with Crippen molar-refractivity contribution < 1.29 is 15.0 Å². The highest BCUT2D eigenvalue weighted by molar-refractivity contribution is 9.10. The predicted octanol–water partition coefficient (Wildman–Crippen LogP) is 1.31. The Labute approximate surface area is 115 Å². The first kappa shape index (κ1) is 15.3. The Morgan fingerprint density at radius 3 is 2.17 bits per heavy atom. The lowest BCUT2D eigenvalue weighted by Crippen LogP contribution is -2.42. The predicted molar refractivity (Wildman–Crippen MR) is 73.7 cm³/mol. The zero-order valence-corrected chi connectivity index (χ0v) is 11.9. The van der Waals surface area contributed by atoms with Crippen molar-refractivity contribution >= 4 is 21.7 Å². The molecule has 1 aromatic carbocycles. The molecule has 0 heterocycles. The first-order valence-electron chi connectivity index (χ1n) is 5.85. The standard InChI is InChI=1S/C13H18BrNO3/c1-10(15(6-8-16)7-9-17)13(18)11-2-4-12(14)5-3-11/h2-5,10,16-17H,6-9H2,1H3. The summed E-state index contributed by atoms with van der Waals surface area (Å²) in [6.07, 6.45) is 0. The third kappa shape index (κ3) is 4.17. The van der Waals surface area contributed by atoms with Gasteiger partial charge in [-0.25, -0.2) is 0 Å². The van der Waals surface area contributed by atoms with Crippen LogP contribution in [-0.2, 0) is 0 Å². The van der Waals surface area contributed by atoms with E-state index in [0.717, 1.165) is 4.47 Å². The van der Waals surface area contributed by atoms with E-state index in [0.29, 0.717) is 18.7 Å². The fraction of sp³-hybridized carbons (Fsp3) is 0.462. The Morgan fingerprint density at radius 2 is 1.72 bits per heavy atom. The molecule has 100 valence electrons. The normalized spacial score (nSPS) is 12.7. The lowest BCUT2D eigenvalue weighted by atomic mass is 10.0. The number of benzene rings is 1. The molecule has 0 bridgehead atoms. The number of hydrogen-bond acceptors (Lipinski definition) is 4. The van der Waals surface area contributed by atoms with Gasteiger partial charge >= 0.3 is 0 Å². The smallest absolute Gasteiger partial charge is 0.179 e. The van der Waals surface area contributed by atoms with Gasteiger partial charge < -0.3 is 10.2 Å². The van der Waals surface area contributed by atoms with E-state index in [2.05, 4.69) is 15.9 Å². The van der Waals surface area contributed by atoms with Crippen molar-refractivity contribution in [2.45, 2.75) is 13.0 Å². The van der Waals surface area contributed by atoms with Crippen molar-refractivity contribution in [3.8, 4) is 0 Å². The quantitative estimate of drug-likeness (QED) is 0.745. The summed E-state index contributed by atoms with van der Waals surface area (Å²) >= 11 is 3.32. The molecule has 0 fully saturated rings. The molecule has 18 heavy (non-hydrogen) atoms. The Hall–Kier alpha value is -0.750. The molecule has 1 unspecified atom stereocenters. The minimum Gasteiger partial charge on any atom is -0.395 e. The summed E-state index contributed by atoms with van der Waals surface area (Å²) in [6.45, 7) is 2.49. The molecule has 0 amide bonds. The van der Waals surface area contributed by atoms with Gasteiger partial charge in [0.1, 0.15) is 0 Å². The van der Waals surface area contributed by atoms with Crippen LogP contribution in [0.5, 0.6) is 0 Å². The van der Waals surface area contributed by atoms with Gasteiger partial charge in [0.25, 0.3) is 0 Å². The Kier molecular flexibility index (Phi) is 6.49. The van der Waals surface area contributed by atoms with E-state index in [4.69, 9.17) is 10.2 Å². The Morgan fingerprint density at radius 1 is 1.22 bits per heavy atom. The van der Waals surface area contributed by atoms with E-state index in [1.54, 1.807) is 24.0 Å². The molecule has 0 spiro atoms. The number of halogens is 1. The highest BCUT2D eigenvalue weighted by atomic mass is 79.9. The number of nitrogens with zero attached hydrogens (tertiary/aromatic N) is 1. The molecule has 5 heteroatoms. The van der Waals surface area contributed by atoms with Crippen molar-refractivity contribution in [3.05, 3.63) is 34.3 Å². The molecule has 0 aliphatic carbocycles. The van der Waals surface area contributed by atoms with E-state index in [-0.39, 0.29) is 25.0 Å². The van der Waals surface area contributed by atoms with Gasteiger partial charge in [-0.2, -0.15) is 0 Å². The first-order chi connectivity index (χ1) is 8.60. The topological polar surface area (TPSA) is 60.8 Å². The molecule has 1 atom stereocenters. The maximum Gasteiger partial charge on any atom is 0.179 e. The first-order valence-corrected chi connectivity index (χ1v) is 6.65. The summed E-state index contributed by atoms with van der Waals surface area (Å²) in [5.41, 5.74) is 0.631. The fourth-order valence-electron chi connectivity index (χ4n) is 1.78. The number of aliphatic hydroxyl groups is 2. The van der Waals surface area contributed by atoms with Crippen LogP contribution in [-0.4, -0.2) is 53.2 Å². The fourth-order valence-corrected chi connectivity index (χ4v) is 2.04. The highest BCUT2D eigenvalue weighted by Crippen LogP contribution is 2.14. The number of ketones is 1. The summed E-state index contributed by atoms with van der Waals surface area (Å²) < 4.78 is 0.925. The average Bonchev–Trinajstić information content (AvgIpc) is 2.38. The molecule has 2 N–H and O–H groups in total. The second kappa shape index (κ2) is 7.63. The number of rotatable bonds is 7. The van der Waals surface area contributed by atoms with E-state index < -0.39 is 0 Å². The van der Waals surface area contributed by atoms with Crippen LogP contribution in [0.15, 0.2) is 28.7 Å². The van der Waals surface area contributed by atoms with Crippen molar-refractivity contribution in [2.75, 3.05) is 26.3 Å². The average molecular weight is 316 g/mol. The molecule has 4 nitrogen and oxygen atoms in total. The molecule has 1 aromatic rings. The number of hydrogen-bond donors (Lipinski definition) is 2. The van der Waals surface area contributed by atoms with Crippen LogP contribution in [0, 0.1) is 0 Å². The van der Waals surface area contributed by atoms with E-state index in [9.17, 15) is 4.79 Å². The second-order valence-electron chi connectivity index (χ2n) is 4.03. The summed E-state index contributed by atoms with van der Waals surface area (Å²) in [7, 11) is 0. The van der Waals surface area contributed by atoms with Crippen LogP contribution in [0.1, 0.15) is 17.3 Å². The summed E-state index contributed by atoms with van der Waals surface area (Å²) in [5, 5.41) is 17.9. The van der Waals surface area contributed by atoms with Gasteiger partial charge in [0.05, 0.1) is 19.3 Å². The third-order valence-corrected chi connectivity index (χ3v) is 3.36. The number of carbonyl (C=O) groups excluding carboxylic acids is 1. The number of aliphatic hydroxyl groups excluding tert-OH is 2. The van der Waals surface area contributed by atoms with Crippen LogP contribution in [0.3, 0.4) is 0 Å². The Balaban J connectivity index is 2.77. The van der Waals surface area contributed by atoms with E-state index >= 15 is 0 Å². The maximum atomic E-state index is 12.2. The van der Waals surface area contributed by atoms with Crippen LogP contribution >= 0.6 is 15.9 Å². The van der Waals surface area contributed by atoms with Gasteiger partial charge in [-0.05, 0) is 19.1 Å². The second-order valence-corrected chi connectivity index (χ2v) is 4.95. The summed E-state index contributed by atoms with van der Waals surface area (Å²) in [4.78, 5) is 14.0. The third-order valence-electron chi connectivity index (χ3n) is 2.83. The molecule has 0 aliphatic heterocycles. The van der Waals surface area contributed by atoms with Gasteiger partial charge in [0.15, 0.2) is 5.78 Å². The van der Waals surface area contributed by atoms with Crippen molar-refractivity contribution in [1.29, 1.82) is 0 Å². The zero-order chi connectivity index (χ0) is 13.5. The monoisotopic (exact) mass is 315 g/mol.